The van der Waals surface area contributed by atoms with Crippen molar-refractivity contribution < 1.29 is 23.8 Å². The van der Waals surface area contributed by atoms with Crippen molar-refractivity contribution in [3.05, 3.63) is 45.6 Å². The Labute approximate surface area is 239 Å². The SMILES string of the molecule is COc1cc2c(c(OC)c1OC)-c1ccc(N[C@H](CCSC)C(=O)N3CCCC3)c(=O)cc1[C@H](NC(C)=O)CC2. The van der Waals surface area contributed by atoms with Crippen LogP contribution < -0.4 is 30.3 Å². The number of rotatable bonds is 10. The Kier molecular flexibility index (Phi) is 9.84. The zero-order valence-electron chi connectivity index (χ0n) is 23.9. The zero-order valence-corrected chi connectivity index (χ0v) is 24.7. The molecule has 0 unspecified atom stereocenters. The van der Waals surface area contributed by atoms with E-state index >= 15 is 0 Å². The molecule has 40 heavy (non-hydrogen) atoms. The maximum Gasteiger partial charge on any atom is 0.245 e. The fourth-order valence-corrected chi connectivity index (χ4v) is 6.14. The summed E-state index contributed by atoms with van der Waals surface area (Å²) in [4.78, 5) is 41.1. The van der Waals surface area contributed by atoms with Gasteiger partial charge in [-0.05, 0) is 79.0 Å². The van der Waals surface area contributed by atoms with Gasteiger partial charge in [0.25, 0.3) is 0 Å². The van der Waals surface area contributed by atoms with Crippen molar-refractivity contribution in [3.8, 4) is 28.4 Å². The molecule has 1 heterocycles. The van der Waals surface area contributed by atoms with Gasteiger partial charge in [-0.25, -0.2) is 0 Å². The molecule has 1 aliphatic carbocycles. The second-order valence-electron chi connectivity index (χ2n) is 10.1. The fraction of sp³-hybridized carbons (Fsp3) is 0.500. The Morgan fingerprint density at radius 2 is 1.80 bits per heavy atom. The molecular weight excluding hydrogens is 530 g/mol. The summed E-state index contributed by atoms with van der Waals surface area (Å²) in [5.74, 6) is 2.12. The molecule has 0 aromatic heterocycles. The molecule has 0 bridgehead atoms. The molecule has 0 saturated carbocycles. The second kappa shape index (κ2) is 13.3. The van der Waals surface area contributed by atoms with E-state index < -0.39 is 12.1 Å². The Morgan fingerprint density at radius 3 is 2.42 bits per heavy atom. The molecule has 2 amide bonds. The first kappa shape index (κ1) is 29.6. The maximum atomic E-state index is 13.7. The van der Waals surface area contributed by atoms with Crippen LogP contribution >= 0.6 is 11.8 Å². The van der Waals surface area contributed by atoms with Crippen molar-refractivity contribution in [2.45, 2.75) is 51.1 Å². The van der Waals surface area contributed by atoms with Gasteiger partial charge >= 0.3 is 0 Å². The van der Waals surface area contributed by atoms with Crippen LogP contribution in [0.15, 0.2) is 29.1 Å². The minimum atomic E-state index is -0.502. The molecule has 2 atom stereocenters. The van der Waals surface area contributed by atoms with Crippen molar-refractivity contribution in [1.29, 1.82) is 0 Å². The average molecular weight is 570 g/mol. The first-order valence-electron chi connectivity index (χ1n) is 13.6. The summed E-state index contributed by atoms with van der Waals surface area (Å²) in [6.45, 7) is 2.97. The Hall–Kier alpha value is -3.40. The molecule has 10 heteroatoms. The molecule has 1 aliphatic heterocycles. The summed E-state index contributed by atoms with van der Waals surface area (Å²) < 4.78 is 17.1. The molecule has 0 spiro atoms. The van der Waals surface area contributed by atoms with E-state index in [4.69, 9.17) is 14.2 Å². The third-order valence-electron chi connectivity index (χ3n) is 7.57. The lowest BCUT2D eigenvalue weighted by molar-refractivity contribution is -0.131. The summed E-state index contributed by atoms with van der Waals surface area (Å²) in [6.07, 6.45) is 5.81. The van der Waals surface area contributed by atoms with Gasteiger partial charge < -0.3 is 29.7 Å². The number of benzene rings is 1. The average Bonchev–Trinajstić information content (AvgIpc) is 3.39. The summed E-state index contributed by atoms with van der Waals surface area (Å²) in [5, 5.41) is 6.31. The van der Waals surface area contributed by atoms with Gasteiger partial charge in [0, 0.05) is 25.6 Å². The number of hydrogen-bond donors (Lipinski definition) is 2. The molecule has 1 saturated heterocycles. The highest BCUT2D eigenvalue weighted by Gasteiger charge is 2.30. The van der Waals surface area contributed by atoms with Crippen LogP contribution in [0.3, 0.4) is 0 Å². The highest BCUT2D eigenvalue weighted by Crippen LogP contribution is 2.50. The summed E-state index contributed by atoms with van der Waals surface area (Å²) in [6, 6.07) is 6.22. The zero-order chi connectivity index (χ0) is 28.8. The number of carbonyl (C=O) groups excluding carboxylic acids is 2. The van der Waals surface area contributed by atoms with Crippen LogP contribution in [-0.4, -0.2) is 69.2 Å². The summed E-state index contributed by atoms with van der Waals surface area (Å²) in [5.41, 5.74) is 3.28. The van der Waals surface area contributed by atoms with Crippen molar-refractivity contribution in [2.75, 3.05) is 51.7 Å². The lowest BCUT2D eigenvalue weighted by atomic mass is 9.95. The largest absolute Gasteiger partial charge is 0.493 e. The highest BCUT2D eigenvalue weighted by molar-refractivity contribution is 7.98. The molecular formula is C30H39N3O6S. The number of aryl methyl sites for hydroxylation is 1. The number of amides is 2. The highest BCUT2D eigenvalue weighted by atomic mass is 32.2. The number of thioether (sulfide) groups is 1. The molecule has 216 valence electrons. The van der Waals surface area contributed by atoms with Crippen LogP contribution in [0.4, 0.5) is 5.69 Å². The number of nitrogens with zero attached hydrogens (tertiary/aromatic N) is 1. The summed E-state index contributed by atoms with van der Waals surface area (Å²) in [7, 11) is 4.70. The second-order valence-corrected chi connectivity index (χ2v) is 11.1. The fourth-order valence-electron chi connectivity index (χ4n) is 5.67. The predicted octanol–water partition coefficient (Wildman–Crippen LogP) is 4.02. The number of nitrogens with one attached hydrogen (secondary N) is 2. The molecule has 2 aromatic rings. The molecule has 1 fully saturated rings. The van der Waals surface area contributed by atoms with E-state index in [0.29, 0.717) is 47.8 Å². The van der Waals surface area contributed by atoms with E-state index in [1.54, 1.807) is 45.2 Å². The smallest absolute Gasteiger partial charge is 0.245 e. The number of carbonyl (C=O) groups is 2. The number of anilines is 1. The number of hydrogen-bond acceptors (Lipinski definition) is 8. The molecule has 2 aromatic carbocycles. The van der Waals surface area contributed by atoms with Crippen LogP contribution in [0.1, 0.15) is 49.8 Å². The van der Waals surface area contributed by atoms with Crippen LogP contribution in [0.2, 0.25) is 0 Å². The number of ether oxygens (including phenoxy) is 3. The van der Waals surface area contributed by atoms with Crippen molar-refractivity contribution in [2.24, 2.45) is 0 Å². The van der Waals surface area contributed by atoms with E-state index in [1.807, 2.05) is 23.3 Å². The van der Waals surface area contributed by atoms with Gasteiger partial charge in [-0.15, -0.1) is 0 Å². The molecule has 2 N–H and O–H groups in total. The molecule has 2 aliphatic rings. The topological polar surface area (TPSA) is 106 Å². The molecule has 4 rings (SSSR count). The monoisotopic (exact) mass is 569 g/mol. The minimum absolute atomic E-state index is 0.0268. The van der Waals surface area contributed by atoms with Crippen LogP contribution in [0.25, 0.3) is 11.1 Å². The van der Waals surface area contributed by atoms with Gasteiger partial charge in [0.2, 0.25) is 23.0 Å². The van der Waals surface area contributed by atoms with Gasteiger partial charge in [0.05, 0.1) is 33.1 Å². The van der Waals surface area contributed by atoms with Gasteiger partial charge in [-0.1, -0.05) is 6.07 Å². The van der Waals surface area contributed by atoms with E-state index in [2.05, 4.69) is 10.6 Å². The molecule has 9 nitrogen and oxygen atoms in total. The Morgan fingerprint density at radius 1 is 1.07 bits per heavy atom. The van der Waals surface area contributed by atoms with Gasteiger partial charge in [0.1, 0.15) is 6.04 Å². The van der Waals surface area contributed by atoms with E-state index in [-0.39, 0.29) is 17.2 Å². The Balaban J connectivity index is 1.87. The summed E-state index contributed by atoms with van der Waals surface area (Å²) >= 11 is 1.67. The van der Waals surface area contributed by atoms with Crippen LogP contribution in [-0.2, 0) is 16.0 Å². The van der Waals surface area contributed by atoms with Crippen molar-refractivity contribution in [3.63, 3.8) is 0 Å². The first-order valence-corrected chi connectivity index (χ1v) is 15.0. The van der Waals surface area contributed by atoms with Gasteiger partial charge in [-0.2, -0.15) is 11.8 Å². The van der Waals surface area contributed by atoms with Crippen LogP contribution in [0, 0.1) is 0 Å². The lowest BCUT2D eigenvalue weighted by Crippen LogP contribution is -2.42. The molecule has 0 radical (unpaired) electrons. The quantitative estimate of drug-likeness (QED) is 0.442. The van der Waals surface area contributed by atoms with Gasteiger partial charge in [-0.3, -0.25) is 14.4 Å². The van der Waals surface area contributed by atoms with Crippen molar-refractivity contribution in [1.82, 2.24) is 10.2 Å². The first-order chi connectivity index (χ1) is 19.3. The van der Waals surface area contributed by atoms with E-state index in [1.165, 1.54) is 6.92 Å². The maximum absolute atomic E-state index is 13.7. The number of likely N-dealkylation sites (tertiary alicyclic amines) is 1. The van der Waals surface area contributed by atoms with Crippen LogP contribution in [0.5, 0.6) is 17.2 Å². The van der Waals surface area contributed by atoms with E-state index in [0.717, 1.165) is 48.4 Å². The minimum Gasteiger partial charge on any atom is -0.493 e. The predicted molar refractivity (Wildman–Crippen MR) is 159 cm³/mol. The third kappa shape index (κ3) is 6.16. The third-order valence-corrected chi connectivity index (χ3v) is 8.22. The van der Waals surface area contributed by atoms with Gasteiger partial charge in [0.15, 0.2) is 11.5 Å². The standard InChI is InChI=1S/C30H39N3O6S/c1-18(34)31-22-10-8-19-16-26(37-2)28(38-3)29(39-4)27(19)20-9-11-23(25(35)17-21(20)22)32-24(12-15-40-5)30(36)33-13-6-7-14-33/h9,11,16-17,22,24H,6-8,10,12-15H2,1-5H3,(H,31,34)(H,32,35)/t22-,24-/m1/s1. The number of methoxy groups -OCH3 is 3. The Bertz CT molecular complexity index is 1310. The number of fused-ring (bicyclic) bond motifs is 3. The van der Waals surface area contributed by atoms with E-state index in [9.17, 15) is 14.4 Å². The normalized spacial score (nSPS) is 16.7. The lowest BCUT2D eigenvalue weighted by Gasteiger charge is -2.24. The van der Waals surface area contributed by atoms with Crippen molar-refractivity contribution >= 4 is 29.3 Å².